The number of thiophene rings is 1. The minimum Gasteiger partial charge on any atom is -0.338 e. The molecule has 2 aromatic rings. The van der Waals surface area contributed by atoms with Gasteiger partial charge in [0.05, 0.1) is 12.6 Å². The fourth-order valence-corrected chi connectivity index (χ4v) is 6.48. The monoisotopic (exact) mass is 499 g/mol. The molecule has 0 radical (unpaired) electrons. The summed E-state index contributed by atoms with van der Waals surface area (Å²) in [5, 5.41) is 2.09. The van der Waals surface area contributed by atoms with Crippen LogP contribution in [0.4, 0.5) is 4.39 Å². The predicted octanol–water partition coefficient (Wildman–Crippen LogP) is 5.11. The molecule has 1 fully saturated rings. The van der Waals surface area contributed by atoms with Crippen molar-refractivity contribution >= 4 is 23.2 Å². The number of hydrogen-bond donors (Lipinski definition) is 0. The van der Waals surface area contributed by atoms with E-state index in [1.165, 1.54) is 16.5 Å². The van der Waals surface area contributed by atoms with E-state index < -0.39 is 0 Å². The second-order valence-electron chi connectivity index (χ2n) is 9.94. The lowest BCUT2D eigenvalue weighted by Crippen LogP contribution is -2.58. The zero-order chi connectivity index (χ0) is 24.9. The van der Waals surface area contributed by atoms with Crippen molar-refractivity contribution in [2.45, 2.75) is 65.0 Å². The summed E-state index contributed by atoms with van der Waals surface area (Å²) in [6.45, 7) is 9.10. The highest BCUT2D eigenvalue weighted by molar-refractivity contribution is 7.10. The summed E-state index contributed by atoms with van der Waals surface area (Å²) in [4.78, 5) is 34.0. The Bertz CT molecular complexity index is 1030. The van der Waals surface area contributed by atoms with Gasteiger partial charge in [0, 0.05) is 43.0 Å². The molecule has 0 N–H and O–H groups in total. The van der Waals surface area contributed by atoms with Gasteiger partial charge in [-0.05, 0) is 60.9 Å². The summed E-state index contributed by atoms with van der Waals surface area (Å²) < 4.78 is 14.1. The van der Waals surface area contributed by atoms with Crippen LogP contribution >= 0.6 is 11.3 Å². The Morgan fingerprint density at radius 3 is 2.71 bits per heavy atom. The quantitative estimate of drug-likeness (QED) is 0.507. The SMILES string of the molecule is CCCC[C@H](CC)C(=O)N1CCN(C(=O)CN2CCc3sccc3[C@@H]2c2cccc(F)c2)C[C@H]1C. The molecule has 0 spiro atoms. The number of benzene rings is 1. The van der Waals surface area contributed by atoms with Crippen LogP contribution in [-0.2, 0) is 16.0 Å². The molecule has 7 heteroatoms. The zero-order valence-electron chi connectivity index (χ0n) is 21.2. The first kappa shape index (κ1) is 25.8. The van der Waals surface area contributed by atoms with E-state index in [1.807, 2.05) is 15.9 Å². The molecule has 2 amide bonds. The molecule has 0 saturated carbocycles. The number of unbranched alkanes of at least 4 members (excludes halogenated alkanes) is 1. The van der Waals surface area contributed by atoms with Crippen LogP contribution in [0.2, 0.25) is 0 Å². The van der Waals surface area contributed by atoms with E-state index in [1.54, 1.807) is 23.5 Å². The van der Waals surface area contributed by atoms with Crippen molar-refractivity contribution in [3.05, 3.63) is 57.5 Å². The van der Waals surface area contributed by atoms with Crippen molar-refractivity contribution in [2.24, 2.45) is 5.92 Å². The summed E-state index contributed by atoms with van der Waals surface area (Å²) in [5.41, 5.74) is 2.07. The molecule has 0 bridgehead atoms. The van der Waals surface area contributed by atoms with Crippen LogP contribution in [0.1, 0.15) is 68.5 Å². The van der Waals surface area contributed by atoms with Gasteiger partial charge in [-0.1, -0.05) is 38.8 Å². The number of piperazine rings is 1. The van der Waals surface area contributed by atoms with Crippen molar-refractivity contribution in [1.82, 2.24) is 14.7 Å². The number of rotatable bonds is 8. The molecule has 0 aliphatic carbocycles. The molecule has 0 unspecified atom stereocenters. The van der Waals surface area contributed by atoms with Gasteiger partial charge in [-0.15, -0.1) is 11.3 Å². The first-order chi connectivity index (χ1) is 16.9. The minimum absolute atomic E-state index is 0.0136. The number of hydrogen-bond acceptors (Lipinski definition) is 4. The average Bonchev–Trinajstić information content (AvgIpc) is 3.33. The highest BCUT2D eigenvalue weighted by atomic mass is 32.1. The lowest BCUT2D eigenvalue weighted by Gasteiger charge is -2.42. The Labute approximate surface area is 212 Å². The molecule has 4 rings (SSSR count). The molecular weight excluding hydrogens is 461 g/mol. The van der Waals surface area contributed by atoms with Gasteiger partial charge >= 0.3 is 0 Å². The first-order valence-corrected chi connectivity index (χ1v) is 13.9. The maximum absolute atomic E-state index is 14.1. The third-order valence-electron chi connectivity index (χ3n) is 7.58. The van der Waals surface area contributed by atoms with Crippen LogP contribution < -0.4 is 0 Å². The Kier molecular flexibility index (Phi) is 8.60. The normalized spacial score (nSPS) is 21.6. The first-order valence-electron chi connectivity index (χ1n) is 13.1. The van der Waals surface area contributed by atoms with Crippen LogP contribution in [0.3, 0.4) is 0 Å². The van der Waals surface area contributed by atoms with Crippen molar-refractivity contribution in [3.63, 3.8) is 0 Å². The Balaban J connectivity index is 1.43. The third-order valence-corrected chi connectivity index (χ3v) is 8.58. The highest BCUT2D eigenvalue weighted by Crippen LogP contribution is 2.38. The van der Waals surface area contributed by atoms with E-state index in [-0.39, 0.29) is 35.6 Å². The molecule has 2 aliphatic rings. The van der Waals surface area contributed by atoms with Crippen molar-refractivity contribution in [3.8, 4) is 0 Å². The summed E-state index contributed by atoms with van der Waals surface area (Å²) in [6, 6.07) is 8.75. The number of carbonyl (C=O) groups excluding carboxylic acids is 2. The van der Waals surface area contributed by atoms with Gasteiger partial charge in [-0.2, -0.15) is 0 Å². The van der Waals surface area contributed by atoms with E-state index in [4.69, 9.17) is 0 Å². The van der Waals surface area contributed by atoms with Gasteiger partial charge in [-0.25, -0.2) is 4.39 Å². The molecule has 190 valence electrons. The maximum Gasteiger partial charge on any atom is 0.236 e. The minimum atomic E-state index is -0.255. The fraction of sp³-hybridized carbons (Fsp3) is 0.571. The van der Waals surface area contributed by atoms with E-state index >= 15 is 0 Å². The van der Waals surface area contributed by atoms with E-state index in [2.05, 4.69) is 37.1 Å². The topological polar surface area (TPSA) is 43.9 Å². The predicted molar refractivity (Wildman–Crippen MR) is 139 cm³/mol. The second-order valence-corrected chi connectivity index (χ2v) is 10.9. The molecule has 35 heavy (non-hydrogen) atoms. The molecular formula is C28H38FN3O2S. The molecule has 3 heterocycles. The van der Waals surface area contributed by atoms with Gasteiger partial charge in [0.2, 0.25) is 11.8 Å². The van der Waals surface area contributed by atoms with Gasteiger partial charge in [0.15, 0.2) is 0 Å². The van der Waals surface area contributed by atoms with Crippen LogP contribution in [-0.4, -0.2) is 65.3 Å². The summed E-state index contributed by atoms with van der Waals surface area (Å²) in [7, 11) is 0. The largest absolute Gasteiger partial charge is 0.338 e. The average molecular weight is 500 g/mol. The van der Waals surface area contributed by atoms with Crippen molar-refractivity contribution in [2.75, 3.05) is 32.7 Å². The van der Waals surface area contributed by atoms with Crippen LogP contribution in [0.15, 0.2) is 35.7 Å². The smallest absolute Gasteiger partial charge is 0.236 e. The van der Waals surface area contributed by atoms with Crippen molar-refractivity contribution < 1.29 is 14.0 Å². The second kappa shape index (κ2) is 11.7. The Morgan fingerprint density at radius 1 is 1.17 bits per heavy atom. The summed E-state index contributed by atoms with van der Waals surface area (Å²) >= 11 is 1.74. The van der Waals surface area contributed by atoms with Crippen LogP contribution in [0, 0.1) is 11.7 Å². The van der Waals surface area contributed by atoms with Gasteiger partial charge in [0.25, 0.3) is 0 Å². The van der Waals surface area contributed by atoms with E-state index in [0.717, 1.165) is 44.2 Å². The van der Waals surface area contributed by atoms with Gasteiger partial charge < -0.3 is 9.80 Å². The molecule has 2 aliphatic heterocycles. The lowest BCUT2D eigenvalue weighted by molar-refractivity contribution is -0.146. The fourth-order valence-electron chi connectivity index (χ4n) is 5.58. The Hall–Kier alpha value is -2.25. The van der Waals surface area contributed by atoms with Crippen molar-refractivity contribution in [1.29, 1.82) is 0 Å². The molecule has 1 aromatic carbocycles. The number of fused-ring (bicyclic) bond motifs is 1. The molecule has 1 aromatic heterocycles. The summed E-state index contributed by atoms with van der Waals surface area (Å²) in [5.74, 6) is 0.157. The summed E-state index contributed by atoms with van der Waals surface area (Å²) in [6.07, 6.45) is 4.89. The molecule has 3 atom stereocenters. The lowest BCUT2D eigenvalue weighted by atomic mass is 9.93. The number of amides is 2. The number of nitrogens with zero attached hydrogens (tertiary/aromatic N) is 3. The highest BCUT2D eigenvalue weighted by Gasteiger charge is 2.35. The Morgan fingerprint density at radius 2 is 2.00 bits per heavy atom. The van der Waals surface area contributed by atoms with Crippen LogP contribution in [0.5, 0.6) is 0 Å². The molecule has 1 saturated heterocycles. The number of halogens is 1. The van der Waals surface area contributed by atoms with E-state index in [9.17, 15) is 14.0 Å². The molecule has 5 nitrogen and oxygen atoms in total. The van der Waals surface area contributed by atoms with E-state index in [0.29, 0.717) is 26.2 Å². The maximum atomic E-state index is 14.1. The standard InChI is InChI=1S/C28H38FN3O2S/c1-4-6-8-21(5-2)28(34)32-15-14-30(18-20(32)3)26(33)19-31-13-11-25-24(12-16-35-25)27(31)22-9-7-10-23(29)17-22/h7,9-10,12,16-17,20-21,27H,4-6,8,11,13-15,18-19H2,1-3H3/t20-,21+,27+/m1/s1. The van der Waals surface area contributed by atoms with Gasteiger partial charge in [0.1, 0.15) is 5.82 Å². The van der Waals surface area contributed by atoms with Crippen LogP contribution in [0.25, 0.3) is 0 Å². The zero-order valence-corrected chi connectivity index (χ0v) is 22.0. The van der Waals surface area contributed by atoms with Gasteiger partial charge in [-0.3, -0.25) is 14.5 Å². The number of carbonyl (C=O) groups is 2. The third kappa shape index (κ3) is 5.78.